The van der Waals surface area contributed by atoms with E-state index >= 15 is 0 Å². The third-order valence-corrected chi connectivity index (χ3v) is 4.55. The Labute approximate surface area is 176 Å². The van der Waals surface area contributed by atoms with Gasteiger partial charge in [-0.05, 0) is 48.4 Å². The van der Waals surface area contributed by atoms with E-state index in [2.05, 4.69) is 64.1 Å². The van der Waals surface area contributed by atoms with Gasteiger partial charge in [0.1, 0.15) is 0 Å². The van der Waals surface area contributed by atoms with Crippen LogP contribution in [0.25, 0.3) is 0 Å². The summed E-state index contributed by atoms with van der Waals surface area (Å²) in [4.78, 5) is 14.2. The first-order valence-electron chi connectivity index (χ1n) is 9.38. The average Bonchev–Trinajstić information content (AvgIpc) is 2.73. The Morgan fingerprint density at radius 3 is 2.48 bits per heavy atom. The zero-order chi connectivity index (χ0) is 20.5. The van der Waals surface area contributed by atoms with Gasteiger partial charge < -0.3 is 10.2 Å². The summed E-state index contributed by atoms with van der Waals surface area (Å²) in [5.74, 6) is 0. The molecule has 0 aromatic heterocycles. The van der Waals surface area contributed by atoms with E-state index < -0.39 is 6.03 Å². The van der Waals surface area contributed by atoms with Crippen molar-refractivity contribution in [1.29, 1.82) is 0 Å². The SMILES string of the molecule is CCN(Cc1ccccc1)c1ccc(/C=N\NC(=O)Nc2cccc(Cl)c2)cc1. The predicted octanol–water partition coefficient (Wildman–Crippen LogP) is 5.52. The minimum absolute atomic E-state index is 0.430. The van der Waals surface area contributed by atoms with Crippen LogP contribution in [0.3, 0.4) is 0 Å². The molecule has 0 saturated carbocycles. The lowest BCUT2D eigenvalue weighted by atomic mass is 10.1. The van der Waals surface area contributed by atoms with Crippen LogP contribution in [-0.4, -0.2) is 18.8 Å². The summed E-state index contributed by atoms with van der Waals surface area (Å²) in [6.07, 6.45) is 1.61. The van der Waals surface area contributed by atoms with Crippen LogP contribution in [0.5, 0.6) is 0 Å². The van der Waals surface area contributed by atoms with E-state index in [4.69, 9.17) is 11.6 Å². The molecule has 0 aliphatic heterocycles. The molecule has 3 aromatic rings. The van der Waals surface area contributed by atoms with Crippen molar-refractivity contribution in [2.24, 2.45) is 5.10 Å². The van der Waals surface area contributed by atoms with Crippen LogP contribution >= 0.6 is 11.6 Å². The van der Waals surface area contributed by atoms with Gasteiger partial charge in [0.2, 0.25) is 0 Å². The van der Waals surface area contributed by atoms with Crippen molar-refractivity contribution >= 4 is 35.2 Å². The fourth-order valence-corrected chi connectivity index (χ4v) is 3.04. The molecule has 0 fully saturated rings. The zero-order valence-electron chi connectivity index (χ0n) is 16.2. The number of amides is 2. The highest BCUT2D eigenvalue weighted by atomic mass is 35.5. The van der Waals surface area contributed by atoms with E-state index in [1.807, 2.05) is 18.2 Å². The first-order chi connectivity index (χ1) is 14.1. The quantitative estimate of drug-likeness (QED) is 0.400. The second-order valence-electron chi connectivity index (χ2n) is 6.43. The second kappa shape index (κ2) is 10.3. The van der Waals surface area contributed by atoms with Crippen LogP contribution in [0.4, 0.5) is 16.2 Å². The number of hydrazone groups is 1. The van der Waals surface area contributed by atoms with Gasteiger partial charge in [-0.2, -0.15) is 5.10 Å². The molecule has 2 N–H and O–H groups in total. The summed E-state index contributed by atoms with van der Waals surface area (Å²) >= 11 is 5.90. The van der Waals surface area contributed by atoms with E-state index in [9.17, 15) is 4.79 Å². The Morgan fingerprint density at radius 2 is 1.79 bits per heavy atom. The topological polar surface area (TPSA) is 56.7 Å². The first-order valence-corrected chi connectivity index (χ1v) is 9.76. The molecule has 3 aromatic carbocycles. The third kappa shape index (κ3) is 6.36. The Hall–Kier alpha value is -3.31. The number of halogens is 1. The molecule has 0 atom stereocenters. The van der Waals surface area contributed by atoms with Crippen molar-refractivity contribution < 1.29 is 4.79 Å². The van der Waals surface area contributed by atoms with Crippen molar-refractivity contribution in [1.82, 2.24) is 5.43 Å². The highest BCUT2D eigenvalue weighted by Gasteiger charge is 2.05. The van der Waals surface area contributed by atoms with Crippen LogP contribution < -0.4 is 15.6 Å². The smallest absolute Gasteiger partial charge is 0.339 e. The van der Waals surface area contributed by atoms with Gasteiger partial charge in [0, 0.05) is 29.5 Å². The molecule has 3 rings (SSSR count). The Balaban J connectivity index is 1.54. The number of nitrogens with zero attached hydrogens (tertiary/aromatic N) is 2. The molecule has 0 saturated heterocycles. The molecule has 0 bridgehead atoms. The Kier molecular flexibility index (Phi) is 7.25. The largest absolute Gasteiger partial charge is 0.367 e. The summed E-state index contributed by atoms with van der Waals surface area (Å²) in [6, 6.07) is 24.9. The van der Waals surface area contributed by atoms with Crippen LogP contribution in [0.15, 0.2) is 84.0 Å². The molecular formula is C23H23ClN4O. The maximum absolute atomic E-state index is 11.9. The van der Waals surface area contributed by atoms with Gasteiger partial charge in [0.25, 0.3) is 0 Å². The number of carbonyl (C=O) groups excluding carboxylic acids is 1. The summed E-state index contributed by atoms with van der Waals surface area (Å²) < 4.78 is 0. The standard InChI is InChI=1S/C23H23ClN4O/c1-2-28(17-19-7-4-3-5-8-19)22-13-11-18(12-14-22)16-25-27-23(29)26-21-10-6-9-20(24)15-21/h3-16H,2,17H2,1H3,(H2,26,27,29)/b25-16-. The van der Waals surface area contributed by atoms with Crippen molar-refractivity contribution in [3.63, 3.8) is 0 Å². The number of rotatable bonds is 7. The number of hydrogen-bond donors (Lipinski definition) is 2. The van der Waals surface area contributed by atoms with Crippen molar-refractivity contribution in [2.75, 3.05) is 16.8 Å². The van der Waals surface area contributed by atoms with E-state index in [1.54, 1.807) is 30.5 Å². The molecule has 2 amide bonds. The molecule has 0 spiro atoms. The van der Waals surface area contributed by atoms with E-state index in [0.717, 1.165) is 24.3 Å². The average molecular weight is 407 g/mol. The van der Waals surface area contributed by atoms with Crippen LogP contribution in [-0.2, 0) is 6.54 Å². The zero-order valence-corrected chi connectivity index (χ0v) is 16.9. The van der Waals surface area contributed by atoms with E-state index in [1.165, 1.54) is 5.56 Å². The van der Waals surface area contributed by atoms with Crippen molar-refractivity contribution in [3.8, 4) is 0 Å². The van der Waals surface area contributed by atoms with Gasteiger partial charge in [0.15, 0.2) is 0 Å². The number of benzene rings is 3. The maximum atomic E-state index is 11.9. The summed E-state index contributed by atoms with van der Waals surface area (Å²) in [6.45, 7) is 3.91. The summed E-state index contributed by atoms with van der Waals surface area (Å²) in [5.41, 5.74) is 6.36. The summed E-state index contributed by atoms with van der Waals surface area (Å²) in [7, 11) is 0. The minimum Gasteiger partial charge on any atom is -0.367 e. The van der Waals surface area contributed by atoms with Gasteiger partial charge in [-0.3, -0.25) is 0 Å². The van der Waals surface area contributed by atoms with Gasteiger partial charge >= 0.3 is 6.03 Å². The highest BCUT2D eigenvalue weighted by Crippen LogP contribution is 2.18. The molecule has 0 aliphatic rings. The van der Waals surface area contributed by atoms with E-state index in [0.29, 0.717) is 10.7 Å². The van der Waals surface area contributed by atoms with Gasteiger partial charge in [-0.15, -0.1) is 0 Å². The Morgan fingerprint density at radius 1 is 1.03 bits per heavy atom. The Bertz CT molecular complexity index is 958. The lowest BCUT2D eigenvalue weighted by Crippen LogP contribution is -2.24. The number of anilines is 2. The molecule has 0 unspecified atom stereocenters. The monoisotopic (exact) mass is 406 g/mol. The molecule has 0 radical (unpaired) electrons. The first kappa shape index (κ1) is 20.4. The van der Waals surface area contributed by atoms with Gasteiger partial charge in [-0.1, -0.05) is 60.1 Å². The number of urea groups is 1. The summed E-state index contributed by atoms with van der Waals surface area (Å²) in [5, 5.41) is 7.21. The second-order valence-corrected chi connectivity index (χ2v) is 6.86. The highest BCUT2D eigenvalue weighted by molar-refractivity contribution is 6.30. The van der Waals surface area contributed by atoms with Crippen molar-refractivity contribution in [2.45, 2.75) is 13.5 Å². The maximum Gasteiger partial charge on any atom is 0.339 e. The van der Waals surface area contributed by atoms with Gasteiger partial charge in [-0.25, -0.2) is 10.2 Å². The lowest BCUT2D eigenvalue weighted by Gasteiger charge is -2.23. The minimum atomic E-state index is -0.430. The number of nitrogens with one attached hydrogen (secondary N) is 2. The van der Waals surface area contributed by atoms with Crippen LogP contribution in [0, 0.1) is 0 Å². The predicted molar refractivity (Wildman–Crippen MR) is 121 cm³/mol. The van der Waals surface area contributed by atoms with Crippen LogP contribution in [0.2, 0.25) is 5.02 Å². The molecule has 0 heterocycles. The number of hydrogen-bond acceptors (Lipinski definition) is 3. The third-order valence-electron chi connectivity index (χ3n) is 4.32. The van der Waals surface area contributed by atoms with Gasteiger partial charge in [0.05, 0.1) is 6.21 Å². The fraction of sp³-hybridized carbons (Fsp3) is 0.130. The molecular weight excluding hydrogens is 384 g/mol. The molecule has 29 heavy (non-hydrogen) atoms. The number of carbonyl (C=O) groups is 1. The fourth-order valence-electron chi connectivity index (χ4n) is 2.85. The van der Waals surface area contributed by atoms with E-state index in [-0.39, 0.29) is 0 Å². The molecule has 6 heteroatoms. The molecule has 148 valence electrons. The molecule has 5 nitrogen and oxygen atoms in total. The van der Waals surface area contributed by atoms with Crippen LogP contribution in [0.1, 0.15) is 18.1 Å². The lowest BCUT2D eigenvalue weighted by molar-refractivity contribution is 0.252. The molecule has 0 aliphatic carbocycles. The van der Waals surface area contributed by atoms with Crippen molar-refractivity contribution in [3.05, 3.63) is 95.0 Å². The normalized spacial score (nSPS) is 10.7.